The first kappa shape index (κ1) is 36.2. The highest BCUT2D eigenvalue weighted by atomic mass is 31.2. The van der Waals surface area contributed by atoms with E-state index in [1.807, 2.05) is 18.2 Å². The molecule has 0 aliphatic carbocycles. The first-order valence-corrected chi connectivity index (χ1v) is 17.0. The summed E-state index contributed by atoms with van der Waals surface area (Å²) in [5.41, 5.74) is -1.91. The van der Waals surface area contributed by atoms with Crippen LogP contribution in [0.15, 0.2) is 76.1 Å². The summed E-state index contributed by atoms with van der Waals surface area (Å²) in [7, 11) is -3.26. The zero-order valence-electron chi connectivity index (χ0n) is 27.7. The Morgan fingerprint density at radius 3 is 2.53 bits per heavy atom. The lowest BCUT2D eigenvalue weighted by Gasteiger charge is -2.46. The summed E-state index contributed by atoms with van der Waals surface area (Å²) in [6.07, 6.45) is -2.78. The third kappa shape index (κ3) is 7.72. The first-order valence-electron chi connectivity index (χ1n) is 15.5. The molecule has 0 bridgehead atoms. The van der Waals surface area contributed by atoms with Crippen molar-refractivity contribution in [1.82, 2.24) is 15.3 Å². The van der Waals surface area contributed by atoms with Crippen molar-refractivity contribution in [3.8, 4) is 17.1 Å². The van der Waals surface area contributed by atoms with Gasteiger partial charge in [0.25, 0.3) is 0 Å². The molecule has 2 aliphatic rings. The van der Waals surface area contributed by atoms with E-state index in [-0.39, 0.29) is 16.7 Å². The van der Waals surface area contributed by atoms with Crippen LogP contribution in [0.25, 0.3) is 22.3 Å². The van der Waals surface area contributed by atoms with Crippen LogP contribution in [0, 0.1) is 0 Å². The molecule has 2 aromatic carbocycles. The average Bonchev–Trinajstić information content (AvgIpc) is 3.27. The van der Waals surface area contributed by atoms with Crippen molar-refractivity contribution in [3.63, 3.8) is 0 Å². The van der Waals surface area contributed by atoms with Crippen LogP contribution in [0.4, 0.5) is 4.39 Å². The molecule has 7 atom stereocenters. The fourth-order valence-electron chi connectivity index (χ4n) is 5.40. The molecule has 5 rings (SSSR count). The number of esters is 1. The third-order valence-electron chi connectivity index (χ3n) is 8.05. The Labute approximate surface area is 281 Å². The van der Waals surface area contributed by atoms with Crippen molar-refractivity contribution in [1.29, 1.82) is 0 Å². The molecule has 16 heteroatoms. The van der Waals surface area contributed by atoms with Gasteiger partial charge in [0.15, 0.2) is 17.3 Å². The second-order valence-corrected chi connectivity index (χ2v) is 13.9. The van der Waals surface area contributed by atoms with Crippen molar-refractivity contribution in [2.75, 3.05) is 13.7 Å². The smallest absolute Gasteiger partial charge is 0.459 e. The van der Waals surface area contributed by atoms with Crippen LogP contribution < -0.4 is 20.4 Å². The van der Waals surface area contributed by atoms with E-state index in [1.54, 1.807) is 26.0 Å². The molecule has 3 N–H and O–H groups in total. The van der Waals surface area contributed by atoms with Gasteiger partial charge in [-0.2, -0.15) is 5.09 Å². The number of alkyl halides is 1. The molecule has 1 saturated heterocycles. The summed E-state index contributed by atoms with van der Waals surface area (Å²) < 4.78 is 64.3. The number of carbonyl (C=O) groups is 2. The van der Waals surface area contributed by atoms with Gasteiger partial charge in [-0.15, -0.1) is 0 Å². The van der Waals surface area contributed by atoms with Gasteiger partial charge in [-0.05, 0) is 45.9 Å². The molecule has 49 heavy (non-hydrogen) atoms. The Morgan fingerprint density at radius 1 is 1.14 bits per heavy atom. The predicted octanol–water partition coefficient (Wildman–Crippen LogP) is 3.97. The highest BCUT2D eigenvalue weighted by molar-refractivity contribution is 7.52. The van der Waals surface area contributed by atoms with Gasteiger partial charge in [-0.25, -0.2) is 8.96 Å². The molecule has 1 aromatic heterocycles. The Bertz CT molecular complexity index is 1840. The largest absolute Gasteiger partial charge is 0.462 e. The van der Waals surface area contributed by atoms with E-state index in [0.29, 0.717) is 11.3 Å². The molecule has 1 fully saturated rings. The zero-order valence-corrected chi connectivity index (χ0v) is 28.6. The standard InChI is InChI=1S/C33H39FN3O11P/c1-19(2)45-30(41)20(3)36-49(42,48-22-12-13-25-23(16-22)24(38)17-26(46-25)21-10-8-7-9-11-21)44-18-27-29(40)32(4,34)31(47-27)37-15-14-28(39)35-33(37,5)43-6/h7-17,19-20,27,29,31,40H,18H2,1-6H3,(H,35,39)(H,36,42)/t20-,27+,29+,31+,32+,33?,49?/m0/s1. The fourth-order valence-corrected chi connectivity index (χ4v) is 6.89. The van der Waals surface area contributed by atoms with Crippen molar-refractivity contribution in [2.45, 2.75) is 76.7 Å². The van der Waals surface area contributed by atoms with Gasteiger partial charge < -0.3 is 38.5 Å². The van der Waals surface area contributed by atoms with Crippen LogP contribution in [0.1, 0.15) is 34.6 Å². The Kier molecular flexibility index (Phi) is 10.4. The SMILES string of the molecule is COC1(C)NC(=O)C=CN1[C@@H]1O[C@H](COP(=O)(N[C@@H](C)C(=O)OC(C)C)Oc2ccc3oc(-c4ccccc4)cc(=O)c3c2)[C@@H](O)[C@@]1(C)F. The molecular formula is C33H39FN3O11P. The number of halogens is 1. The van der Waals surface area contributed by atoms with E-state index < -0.39 is 73.8 Å². The van der Waals surface area contributed by atoms with E-state index in [2.05, 4.69) is 10.4 Å². The van der Waals surface area contributed by atoms with Gasteiger partial charge in [0.2, 0.25) is 11.8 Å². The van der Waals surface area contributed by atoms with Gasteiger partial charge in [0.1, 0.15) is 35.3 Å². The molecule has 0 spiro atoms. The van der Waals surface area contributed by atoms with Crippen LogP contribution in [0.3, 0.4) is 0 Å². The van der Waals surface area contributed by atoms with Gasteiger partial charge in [-0.1, -0.05) is 30.3 Å². The van der Waals surface area contributed by atoms with Gasteiger partial charge >= 0.3 is 13.7 Å². The minimum atomic E-state index is -4.56. The number of hydrogen-bond donors (Lipinski definition) is 3. The highest BCUT2D eigenvalue weighted by Crippen LogP contribution is 2.47. The topological polar surface area (TPSA) is 175 Å². The molecule has 0 radical (unpaired) electrons. The number of methoxy groups -OCH3 is 1. The number of carbonyl (C=O) groups excluding carboxylic acids is 2. The minimum absolute atomic E-state index is 0.0846. The van der Waals surface area contributed by atoms with Crippen LogP contribution in [0.2, 0.25) is 0 Å². The first-order chi connectivity index (χ1) is 23.0. The average molecular weight is 704 g/mol. The maximum Gasteiger partial charge on any atom is 0.459 e. The number of fused-ring (bicyclic) bond motifs is 1. The van der Waals surface area contributed by atoms with Crippen LogP contribution in [-0.2, 0) is 32.9 Å². The molecule has 3 heterocycles. The number of amides is 1. The highest BCUT2D eigenvalue weighted by Gasteiger charge is 2.59. The number of ether oxygens (including phenoxy) is 3. The molecule has 0 saturated carbocycles. The fraction of sp³-hybridized carbons (Fsp3) is 0.424. The summed E-state index contributed by atoms with van der Waals surface area (Å²) >= 11 is 0. The second kappa shape index (κ2) is 14.0. The van der Waals surface area contributed by atoms with Crippen molar-refractivity contribution in [3.05, 3.63) is 77.1 Å². The number of aliphatic hydroxyl groups excluding tert-OH is 1. The van der Waals surface area contributed by atoms with Crippen LogP contribution >= 0.6 is 7.75 Å². The lowest BCUT2D eigenvalue weighted by atomic mass is 9.97. The Balaban J connectivity index is 1.40. The molecule has 3 aromatic rings. The molecule has 14 nitrogen and oxygen atoms in total. The molecule has 2 unspecified atom stereocenters. The summed E-state index contributed by atoms with van der Waals surface area (Å²) in [4.78, 5) is 39.0. The molecule has 1 amide bonds. The van der Waals surface area contributed by atoms with E-state index >= 15 is 4.39 Å². The second-order valence-electron chi connectivity index (χ2n) is 12.2. The number of nitrogens with one attached hydrogen (secondary N) is 2. The monoisotopic (exact) mass is 703 g/mol. The van der Waals surface area contributed by atoms with Gasteiger partial charge in [-0.3, -0.25) is 18.9 Å². The zero-order chi connectivity index (χ0) is 35.7. The summed E-state index contributed by atoms with van der Waals surface area (Å²) in [6.45, 7) is 6.55. The maximum atomic E-state index is 16.1. The molecule has 264 valence electrons. The normalized spacial score (nSPS) is 27.2. The Morgan fingerprint density at radius 2 is 1.86 bits per heavy atom. The summed E-state index contributed by atoms with van der Waals surface area (Å²) in [6, 6.07) is 13.3. The van der Waals surface area contributed by atoms with Crippen LogP contribution in [0.5, 0.6) is 5.75 Å². The van der Waals surface area contributed by atoms with E-state index in [9.17, 15) is 24.1 Å². The Hall–Kier alpha value is -4.11. The summed E-state index contributed by atoms with van der Waals surface area (Å²) in [5.74, 6) is -2.52. The van der Waals surface area contributed by atoms with Gasteiger partial charge in [0, 0.05) is 37.9 Å². The van der Waals surface area contributed by atoms with Crippen molar-refractivity contribution < 1.29 is 51.3 Å². The predicted molar refractivity (Wildman–Crippen MR) is 175 cm³/mol. The lowest BCUT2D eigenvalue weighted by Crippen LogP contribution is -2.66. The van der Waals surface area contributed by atoms with Crippen molar-refractivity contribution >= 4 is 30.6 Å². The quantitative estimate of drug-likeness (QED) is 0.183. The summed E-state index contributed by atoms with van der Waals surface area (Å²) in [5, 5.41) is 16.2. The van der Waals surface area contributed by atoms with Crippen LogP contribution in [-0.4, -0.2) is 77.7 Å². The molecule has 2 aliphatic heterocycles. The van der Waals surface area contributed by atoms with E-state index in [0.717, 1.165) is 13.0 Å². The van der Waals surface area contributed by atoms with Crippen molar-refractivity contribution in [2.24, 2.45) is 0 Å². The van der Waals surface area contributed by atoms with E-state index in [1.165, 1.54) is 56.3 Å². The third-order valence-corrected chi connectivity index (χ3v) is 9.69. The number of rotatable bonds is 12. The lowest BCUT2D eigenvalue weighted by molar-refractivity contribution is -0.213. The molecular weight excluding hydrogens is 664 g/mol. The number of hydrogen-bond acceptors (Lipinski definition) is 12. The number of benzene rings is 2. The van der Waals surface area contributed by atoms with Gasteiger partial charge in [0.05, 0.1) is 18.1 Å². The maximum absolute atomic E-state index is 16.1. The number of aliphatic hydroxyl groups is 1. The minimum Gasteiger partial charge on any atom is -0.462 e. The van der Waals surface area contributed by atoms with E-state index in [4.69, 9.17) is 27.7 Å². The number of nitrogens with zero attached hydrogens (tertiary/aromatic N) is 1.